The van der Waals surface area contributed by atoms with E-state index in [1.807, 2.05) is 18.5 Å². The number of likely N-dealkylation sites (tertiary alicyclic amines) is 1. The number of aryl methyl sites for hydroxylation is 1. The Morgan fingerprint density at radius 3 is 2.85 bits per heavy atom. The zero-order valence-corrected chi connectivity index (χ0v) is 13.1. The first-order valence-electron chi connectivity index (χ1n) is 7.50. The molecular weight excluding hydrogens is 252 g/mol. The number of aliphatic imine (C=N–C) groups is 1. The summed E-state index contributed by atoms with van der Waals surface area (Å²) in [6.07, 6.45) is 2.56. The molecule has 6 nitrogen and oxygen atoms in total. The quantitative estimate of drug-likeness (QED) is 0.669. The lowest BCUT2D eigenvalue weighted by Gasteiger charge is -2.33. The number of rotatable bonds is 3. The maximum Gasteiger partial charge on any atom is 0.194 e. The molecule has 0 amide bonds. The topological polar surface area (TPSA) is 58.3 Å². The van der Waals surface area contributed by atoms with Crippen molar-refractivity contribution < 1.29 is 0 Å². The summed E-state index contributed by atoms with van der Waals surface area (Å²) in [5.41, 5.74) is 0. The van der Waals surface area contributed by atoms with E-state index >= 15 is 0 Å². The van der Waals surface area contributed by atoms with Crippen LogP contribution in [-0.2, 0) is 13.6 Å². The van der Waals surface area contributed by atoms with E-state index in [0.29, 0.717) is 6.54 Å². The molecule has 1 aliphatic rings. The summed E-state index contributed by atoms with van der Waals surface area (Å²) in [4.78, 5) is 7.09. The smallest absolute Gasteiger partial charge is 0.194 e. The Morgan fingerprint density at radius 2 is 2.25 bits per heavy atom. The predicted molar refractivity (Wildman–Crippen MR) is 80.5 cm³/mol. The van der Waals surface area contributed by atoms with Crippen molar-refractivity contribution in [3.05, 3.63) is 11.6 Å². The Morgan fingerprint density at radius 1 is 1.45 bits per heavy atom. The minimum atomic E-state index is 0.574. The van der Waals surface area contributed by atoms with Crippen LogP contribution in [-0.4, -0.2) is 45.3 Å². The molecule has 0 aromatic carbocycles. The molecule has 1 aromatic heterocycles. The van der Waals surface area contributed by atoms with Crippen LogP contribution in [0, 0.1) is 12.8 Å². The molecule has 1 aromatic rings. The second-order valence-electron chi connectivity index (χ2n) is 5.59. The zero-order valence-electron chi connectivity index (χ0n) is 13.1. The van der Waals surface area contributed by atoms with Gasteiger partial charge in [-0.15, -0.1) is 10.2 Å². The Hall–Kier alpha value is -1.59. The van der Waals surface area contributed by atoms with Crippen LogP contribution in [0.4, 0.5) is 0 Å². The molecule has 2 heterocycles. The fourth-order valence-electron chi connectivity index (χ4n) is 2.54. The van der Waals surface area contributed by atoms with E-state index in [1.54, 1.807) is 0 Å². The highest BCUT2D eigenvalue weighted by atomic mass is 15.3. The molecule has 0 bridgehead atoms. The van der Waals surface area contributed by atoms with Crippen molar-refractivity contribution in [3.8, 4) is 0 Å². The first-order chi connectivity index (χ1) is 9.61. The summed E-state index contributed by atoms with van der Waals surface area (Å²) in [6.45, 7) is 10.0. The van der Waals surface area contributed by atoms with E-state index in [2.05, 4.69) is 34.3 Å². The van der Waals surface area contributed by atoms with Crippen molar-refractivity contribution in [1.29, 1.82) is 0 Å². The highest BCUT2D eigenvalue weighted by Gasteiger charge is 2.19. The molecule has 1 N–H and O–H groups in total. The lowest BCUT2D eigenvalue weighted by Crippen LogP contribution is -2.46. The van der Waals surface area contributed by atoms with Gasteiger partial charge in [0.2, 0.25) is 0 Å². The van der Waals surface area contributed by atoms with Gasteiger partial charge < -0.3 is 14.8 Å². The second kappa shape index (κ2) is 6.72. The van der Waals surface area contributed by atoms with Gasteiger partial charge in [0.1, 0.15) is 12.4 Å². The fraction of sp³-hybridized carbons (Fsp3) is 0.786. The van der Waals surface area contributed by atoms with Gasteiger partial charge in [-0.2, -0.15) is 0 Å². The summed E-state index contributed by atoms with van der Waals surface area (Å²) in [7, 11) is 1.98. The van der Waals surface area contributed by atoms with Gasteiger partial charge in [0.15, 0.2) is 11.8 Å². The van der Waals surface area contributed by atoms with Gasteiger partial charge in [0.05, 0.1) is 0 Å². The van der Waals surface area contributed by atoms with Crippen molar-refractivity contribution in [2.24, 2.45) is 18.0 Å². The van der Waals surface area contributed by atoms with Gasteiger partial charge in [-0.05, 0) is 32.6 Å². The van der Waals surface area contributed by atoms with E-state index < -0.39 is 0 Å². The molecule has 1 fully saturated rings. The van der Waals surface area contributed by atoms with E-state index in [4.69, 9.17) is 4.99 Å². The fourth-order valence-corrected chi connectivity index (χ4v) is 2.54. The van der Waals surface area contributed by atoms with Crippen molar-refractivity contribution in [2.45, 2.75) is 40.2 Å². The van der Waals surface area contributed by atoms with Gasteiger partial charge in [-0.3, -0.25) is 0 Å². The molecular formula is C14H26N6. The summed E-state index contributed by atoms with van der Waals surface area (Å²) in [6, 6.07) is 0. The average molecular weight is 278 g/mol. The van der Waals surface area contributed by atoms with Crippen LogP contribution in [0.5, 0.6) is 0 Å². The maximum absolute atomic E-state index is 4.72. The SMILES string of the molecule is CCNC(=NCc1nnc(C)n1C)N1CCCC(C)C1. The Bertz CT molecular complexity index is 464. The summed E-state index contributed by atoms with van der Waals surface area (Å²) >= 11 is 0. The van der Waals surface area contributed by atoms with E-state index in [0.717, 1.165) is 43.2 Å². The van der Waals surface area contributed by atoms with E-state index in [-0.39, 0.29) is 0 Å². The lowest BCUT2D eigenvalue weighted by molar-refractivity contribution is 0.266. The number of piperidine rings is 1. The lowest BCUT2D eigenvalue weighted by atomic mass is 10.0. The third kappa shape index (κ3) is 3.49. The van der Waals surface area contributed by atoms with Gasteiger partial charge in [0, 0.05) is 26.7 Å². The van der Waals surface area contributed by atoms with Crippen LogP contribution in [0.3, 0.4) is 0 Å². The number of nitrogens with one attached hydrogen (secondary N) is 1. The number of aromatic nitrogens is 3. The van der Waals surface area contributed by atoms with Crippen LogP contribution >= 0.6 is 0 Å². The Kier molecular flexibility index (Phi) is 4.98. The number of nitrogens with zero attached hydrogens (tertiary/aromatic N) is 5. The molecule has 0 radical (unpaired) electrons. The second-order valence-corrected chi connectivity index (χ2v) is 5.59. The third-order valence-electron chi connectivity index (χ3n) is 3.84. The molecule has 2 rings (SSSR count). The molecule has 0 aliphatic carbocycles. The molecule has 6 heteroatoms. The summed E-state index contributed by atoms with van der Waals surface area (Å²) in [5.74, 6) is 3.57. The molecule has 112 valence electrons. The molecule has 20 heavy (non-hydrogen) atoms. The Balaban J connectivity index is 2.07. The van der Waals surface area contributed by atoms with Gasteiger partial charge in [-0.25, -0.2) is 4.99 Å². The van der Waals surface area contributed by atoms with Crippen molar-refractivity contribution in [3.63, 3.8) is 0 Å². The molecule has 1 saturated heterocycles. The average Bonchev–Trinajstić information content (AvgIpc) is 2.75. The number of hydrogen-bond acceptors (Lipinski definition) is 3. The first-order valence-corrected chi connectivity index (χ1v) is 7.50. The monoisotopic (exact) mass is 278 g/mol. The minimum Gasteiger partial charge on any atom is -0.357 e. The first kappa shape index (κ1) is 14.8. The highest BCUT2D eigenvalue weighted by Crippen LogP contribution is 2.15. The number of hydrogen-bond donors (Lipinski definition) is 1. The molecule has 1 unspecified atom stereocenters. The van der Waals surface area contributed by atoms with Crippen molar-refractivity contribution in [2.75, 3.05) is 19.6 Å². The van der Waals surface area contributed by atoms with Gasteiger partial charge >= 0.3 is 0 Å². The van der Waals surface area contributed by atoms with Crippen LogP contribution in [0.15, 0.2) is 4.99 Å². The van der Waals surface area contributed by atoms with Crippen molar-refractivity contribution in [1.82, 2.24) is 25.0 Å². The standard InChI is InChI=1S/C14H26N6/c1-5-15-14(20-8-6-7-11(2)10-20)16-9-13-18-17-12(3)19(13)4/h11H,5-10H2,1-4H3,(H,15,16). The zero-order chi connectivity index (χ0) is 14.5. The summed E-state index contributed by atoms with van der Waals surface area (Å²) < 4.78 is 1.99. The van der Waals surface area contributed by atoms with Crippen LogP contribution < -0.4 is 5.32 Å². The van der Waals surface area contributed by atoms with Gasteiger partial charge in [-0.1, -0.05) is 6.92 Å². The molecule has 0 saturated carbocycles. The van der Waals surface area contributed by atoms with Crippen LogP contribution in [0.2, 0.25) is 0 Å². The summed E-state index contributed by atoms with van der Waals surface area (Å²) in [5, 5.41) is 11.6. The molecule has 1 aliphatic heterocycles. The Labute approximate surface area is 121 Å². The molecule has 1 atom stereocenters. The van der Waals surface area contributed by atoms with Crippen LogP contribution in [0.1, 0.15) is 38.3 Å². The normalized spacial score (nSPS) is 20.3. The van der Waals surface area contributed by atoms with E-state index in [1.165, 1.54) is 12.8 Å². The van der Waals surface area contributed by atoms with Gasteiger partial charge in [0.25, 0.3) is 0 Å². The third-order valence-corrected chi connectivity index (χ3v) is 3.84. The van der Waals surface area contributed by atoms with Crippen molar-refractivity contribution >= 4 is 5.96 Å². The minimum absolute atomic E-state index is 0.574. The van der Waals surface area contributed by atoms with Crippen LogP contribution in [0.25, 0.3) is 0 Å². The molecule has 0 spiro atoms. The highest BCUT2D eigenvalue weighted by molar-refractivity contribution is 5.80. The maximum atomic E-state index is 4.72. The predicted octanol–water partition coefficient (Wildman–Crippen LogP) is 1.32. The number of guanidine groups is 1. The van der Waals surface area contributed by atoms with E-state index in [9.17, 15) is 0 Å². The largest absolute Gasteiger partial charge is 0.357 e.